The smallest absolute Gasteiger partial charge is 0.131 e. The molecule has 0 bridgehead atoms. The van der Waals surface area contributed by atoms with Gasteiger partial charge in [-0.1, -0.05) is 13.8 Å². The van der Waals surface area contributed by atoms with Crippen LogP contribution in [0.2, 0.25) is 0 Å². The summed E-state index contributed by atoms with van der Waals surface area (Å²) in [6.07, 6.45) is 0. The average Bonchev–Trinajstić information content (AvgIpc) is 2.02. The summed E-state index contributed by atoms with van der Waals surface area (Å²) >= 11 is 0. The maximum Gasteiger partial charge on any atom is 0.131 e. The topological polar surface area (TPSA) is 20.2 Å². The minimum atomic E-state index is -0.675. The van der Waals surface area contributed by atoms with Crippen LogP contribution in [-0.4, -0.2) is 5.11 Å². The van der Waals surface area contributed by atoms with Crippen molar-refractivity contribution < 1.29 is 13.9 Å². The van der Waals surface area contributed by atoms with E-state index < -0.39 is 11.6 Å². The monoisotopic (exact) mass is 186 g/mol. The highest BCUT2D eigenvalue weighted by Crippen LogP contribution is 2.23. The Kier molecular flexibility index (Phi) is 2.98. The Morgan fingerprint density at radius 3 is 2.38 bits per heavy atom. The number of halogens is 2. The SMILES string of the molecule is CC(C)c1cc(F)cc(F)c1CO. The molecule has 0 fully saturated rings. The van der Waals surface area contributed by atoms with E-state index in [9.17, 15) is 8.78 Å². The Hall–Kier alpha value is -0.960. The van der Waals surface area contributed by atoms with Gasteiger partial charge in [-0.2, -0.15) is 0 Å². The first-order valence-corrected chi connectivity index (χ1v) is 4.15. The van der Waals surface area contributed by atoms with Gasteiger partial charge in [-0.25, -0.2) is 8.78 Å². The summed E-state index contributed by atoms with van der Waals surface area (Å²) in [5.74, 6) is -1.27. The van der Waals surface area contributed by atoms with E-state index in [-0.39, 0.29) is 18.1 Å². The van der Waals surface area contributed by atoms with Gasteiger partial charge in [0.05, 0.1) is 6.61 Å². The van der Waals surface area contributed by atoms with Crippen LogP contribution in [-0.2, 0) is 6.61 Å². The fourth-order valence-electron chi connectivity index (χ4n) is 1.31. The lowest BCUT2D eigenvalue weighted by Gasteiger charge is -2.11. The van der Waals surface area contributed by atoms with Gasteiger partial charge < -0.3 is 5.11 Å². The van der Waals surface area contributed by atoms with Crippen molar-refractivity contribution in [2.75, 3.05) is 0 Å². The number of rotatable bonds is 2. The van der Waals surface area contributed by atoms with Crippen LogP contribution in [0.3, 0.4) is 0 Å². The van der Waals surface area contributed by atoms with Crippen LogP contribution in [0, 0.1) is 11.6 Å². The minimum absolute atomic E-state index is 0.00681. The normalized spacial score (nSPS) is 10.9. The maximum absolute atomic E-state index is 13.1. The zero-order valence-electron chi connectivity index (χ0n) is 7.64. The fraction of sp³-hybridized carbons (Fsp3) is 0.400. The van der Waals surface area contributed by atoms with Crippen molar-refractivity contribution in [3.63, 3.8) is 0 Å². The molecule has 1 rings (SSSR count). The second kappa shape index (κ2) is 3.83. The molecule has 0 saturated carbocycles. The van der Waals surface area contributed by atoms with E-state index in [4.69, 9.17) is 5.11 Å². The van der Waals surface area contributed by atoms with Crippen LogP contribution in [0.4, 0.5) is 8.78 Å². The maximum atomic E-state index is 13.1. The van der Waals surface area contributed by atoms with Gasteiger partial charge in [-0.3, -0.25) is 0 Å². The Balaban J connectivity index is 3.29. The van der Waals surface area contributed by atoms with E-state index in [1.54, 1.807) is 0 Å². The first-order valence-electron chi connectivity index (χ1n) is 4.15. The second-order valence-electron chi connectivity index (χ2n) is 3.27. The third-order valence-electron chi connectivity index (χ3n) is 1.97. The predicted molar refractivity (Wildman–Crippen MR) is 46.4 cm³/mol. The summed E-state index contributed by atoms with van der Waals surface area (Å²) in [5.41, 5.74) is 0.719. The summed E-state index contributed by atoms with van der Waals surface area (Å²) in [7, 11) is 0. The number of benzene rings is 1. The Morgan fingerprint density at radius 1 is 1.31 bits per heavy atom. The lowest BCUT2D eigenvalue weighted by Crippen LogP contribution is -2.01. The zero-order valence-corrected chi connectivity index (χ0v) is 7.64. The number of hydrogen-bond donors (Lipinski definition) is 1. The van der Waals surface area contributed by atoms with Gasteiger partial charge >= 0.3 is 0 Å². The Labute approximate surface area is 76.0 Å². The molecule has 1 aromatic carbocycles. The molecule has 0 aliphatic heterocycles. The lowest BCUT2D eigenvalue weighted by molar-refractivity contribution is 0.273. The van der Waals surface area contributed by atoms with Crippen LogP contribution in [0.1, 0.15) is 30.9 Å². The van der Waals surface area contributed by atoms with E-state index in [1.807, 2.05) is 13.8 Å². The number of aliphatic hydroxyl groups excluding tert-OH is 1. The molecule has 3 heteroatoms. The van der Waals surface area contributed by atoms with E-state index in [0.717, 1.165) is 6.07 Å². The van der Waals surface area contributed by atoms with Gasteiger partial charge in [0, 0.05) is 11.6 Å². The lowest BCUT2D eigenvalue weighted by atomic mass is 9.97. The molecule has 0 radical (unpaired) electrons. The number of aliphatic hydroxyl groups is 1. The fourth-order valence-corrected chi connectivity index (χ4v) is 1.31. The molecule has 1 nitrogen and oxygen atoms in total. The van der Waals surface area contributed by atoms with Crippen LogP contribution in [0.25, 0.3) is 0 Å². The summed E-state index contributed by atoms with van der Waals surface area (Å²) in [4.78, 5) is 0. The van der Waals surface area contributed by atoms with Gasteiger partial charge in [0.25, 0.3) is 0 Å². The van der Waals surface area contributed by atoms with Crippen molar-refractivity contribution in [1.29, 1.82) is 0 Å². The molecule has 0 amide bonds. The highest BCUT2D eigenvalue weighted by atomic mass is 19.1. The number of hydrogen-bond acceptors (Lipinski definition) is 1. The predicted octanol–water partition coefficient (Wildman–Crippen LogP) is 2.58. The van der Waals surface area contributed by atoms with Crippen LogP contribution in [0.15, 0.2) is 12.1 Å². The minimum Gasteiger partial charge on any atom is -0.392 e. The molecule has 0 spiro atoms. The van der Waals surface area contributed by atoms with Crippen molar-refractivity contribution in [2.45, 2.75) is 26.4 Å². The van der Waals surface area contributed by atoms with Crippen molar-refractivity contribution >= 4 is 0 Å². The summed E-state index contributed by atoms with van der Waals surface area (Å²) in [6, 6.07) is 2.05. The molecule has 0 atom stereocenters. The molecule has 72 valence electrons. The van der Waals surface area contributed by atoms with Gasteiger partial charge in [0.15, 0.2) is 0 Å². The molecule has 0 unspecified atom stereocenters. The standard InChI is InChI=1S/C10H12F2O/c1-6(2)8-3-7(11)4-10(12)9(8)5-13/h3-4,6,13H,5H2,1-2H3. The van der Waals surface area contributed by atoms with Crippen molar-refractivity contribution in [3.05, 3.63) is 34.9 Å². The third-order valence-corrected chi connectivity index (χ3v) is 1.97. The molecular weight excluding hydrogens is 174 g/mol. The van der Waals surface area contributed by atoms with E-state index in [1.165, 1.54) is 6.07 Å². The van der Waals surface area contributed by atoms with E-state index in [2.05, 4.69) is 0 Å². The summed E-state index contributed by atoms with van der Waals surface area (Å²) in [6.45, 7) is 3.26. The van der Waals surface area contributed by atoms with E-state index >= 15 is 0 Å². The molecule has 0 aliphatic carbocycles. The van der Waals surface area contributed by atoms with Gasteiger partial charge in [0.1, 0.15) is 11.6 Å². The van der Waals surface area contributed by atoms with Crippen molar-refractivity contribution in [3.8, 4) is 0 Å². The highest BCUT2D eigenvalue weighted by molar-refractivity contribution is 5.31. The van der Waals surface area contributed by atoms with Gasteiger partial charge in [-0.05, 0) is 17.5 Å². The van der Waals surface area contributed by atoms with Gasteiger partial charge in [0.2, 0.25) is 0 Å². The second-order valence-corrected chi connectivity index (χ2v) is 3.27. The first-order chi connectivity index (χ1) is 6.06. The molecule has 0 saturated heterocycles. The molecule has 0 heterocycles. The Bertz CT molecular complexity index is 308. The quantitative estimate of drug-likeness (QED) is 0.752. The highest BCUT2D eigenvalue weighted by Gasteiger charge is 2.12. The summed E-state index contributed by atoms with van der Waals surface area (Å²) in [5, 5.41) is 8.88. The molecule has 13 heavy (non-hydrogen) atoms. The molecule has 0 aromatic heterocycles. The largest absolute Gasteiger partial charge is 0.392 e. The molecule has 0 aliphatic rings. The Morgan fingerprint density at radius 2 is 1.92 bits per heavy atom. The first kappa shape index (κ1) is 10.1. The molecule has 1 N–H and O–H groups in total. The van der Waals surface area contributed by atoms with E-state index in [0.29, 0.717) is 5.56 Å². The zero-order chi connectivity index (χ0) is 10.0. The van der Waals surface area contributed by atoms with Crippen LogP contribution < -0.4 is 0 Å². The van der Waals surface area contributed by atoms with Gasteiger partial charge in [-0.15, -0.1) is 0 Å². The van der Waals surface area contributed by atoms with Crippen molar-refractivity contribution in [2.24, 2.45) is 0 Å². The summed E-state index contributed by atoms with van der Waals surface area (Å²) < 4.78 is 25.9. The van der Waals surface area contributed by atoms with Crippen molar-refractivity contribution in [1.82, 2.24) is 0 Å². The third kappa shape index (κ3) is 2.04. The molecule has 1 aromatic rings. The van der Waals surface area contributed by atoms with Crippen LogP contribution >= 0.6 is 0 Å². The van der Waals surface area contributed by atoms with Crippen LogP contribution in [0.5, 0.6) is 0 Å². The average molecular weight is 186 g/mol. The molecular formula is C10H12F2O.